The molecule has 0 unspecified atom stereocenters. The van der Waals surface area contributed by atoms with Gasteiger partial charge in [0.25, 0.3) is 5.78 Å². The summed E-state index contributed by atoms with van der Waals surface area (Å²) in [4.78, 5) is 76.3. The van der Waals surface area contributed by atoms with Crippen molar-refractivity contribution in [2.75, 3.05) is 6.54 Å². The summed E-state index contributed by atoms with van der Waals surface area (Å²) in [5, 5.41) is 54.1. The SMILES string of the molecule is NCC(=O)O.N[C@@H](CC(=O)O)C(=O)O.O=C(O)C(=O)O.O=C(O)CC(=O)C(=O)O. The van der Waals surface area contributed by atoms with Crippen LogP contribution in [0.1, 0.15) is 12.8 Å². The van der Waals surface area contributed by atoms with Crippen LogP contribution in [0.5, 0.6) is 0 Å². The highest BCUT2D eigenvalue weighted by Gasteiger charge is 2.15. The Morgan fingerprint density at radius 1 is 0.621 bits per heavy atom. The van der Waals surface area contributed by atoms with Crippen molar-refractivity contribution < 1.29 is 74.1 Å². The largest absolute Gasteiger partial charge is 0.481 e. The van der Waals surface area contributed by atoms with Crippen molar-refractivity contribution in [1.29, 1.82) is 0 Å². The van der Waals surface area contributed by atoms with E-state index in [1.807, 2.05) is 0 Å². The van der Waals surface area contributed by atoms with E-state index in [1.54, 1.807) is 0 Å². The van der Waals surface area contributed by atoms with E-state index in [0.29, 0.717) is 0 Å². The number of carboxylic acid groups (broad SMARTS) is 7. The molecule has 29 heavy (non-hydrogen) atoms. The first kappa shape index (κ1) is 32.5. The number of aliphatic carboxylic acids is 7. The number of Topliss-reactive ketones (excluding diaryl/α,β-unsaturated/α-hetero) is 1. The minimum atomic E-state index is -1.82. The van der Waals surface area contributed by atoms with Gasteiger partial charge in [0.2, 0.25) is 0 Å². The Hall–Kier alpha value is -4.12. The molecule has 0 bridgehead atoms. The normalized spacial score (nSPS) is 9.31. The number of carbonyl (C=O) groups is 8. The second kappa shape index (κ2) is 18.7. The van der Waals surface area contributed by atoms with E-state index in [-0.39, 0.29) is 6.54 Å². The molecule has 0 saturated carbocycles. The van der Waals surface area contributed by atoms with Crippen molar-refractivity contribution in [3.05, 3.63) is 0 Å². The van der Waals surface area contributed by atoms with Crippen LogP contribution in [0.4, 0.5) is 0 Å². The lowest BCUT2D eigenvalue weighted by Crippen LogP contribution is -2.32. The Labute approximate surface area is 159 Å². The Balaban J connectivity index is -0.000000148. The molecule has 0 aliphatic rings. The van der Waals surface area contributed by atoms with E-state index in [1.165, 1.54) is 0 Å². The fourth-order valence-corrected chi connectivity index (χ4v) is 0.488. The molecule has 0 heterocycles. The van der Waals surface area contributed by atoms with Gasteiger partial charge in [-0.2, -0.15) is 0 Å². The lowest BCUT2D eigenvalue weighted by atomic mass is 10.2. The van der Waals surface area contributed by atoms with Gasteiger partial charge in [-0.25, -0.2) is 14.4 Å². The summed E-state index contributed by atoms with van der Waals surface area (Å²) in [5.74, 6) is -11.6. The third-order valence-electron chi connectivity index (χ3n) is 1.62. The van der Waals surface area contributed by atoms with Crippen molar-refractivity contribution in [2.24, 2.45) is 11.5 Å². The molecule has 0 aromatic carbocycles. The lowest BCUT2D eigenvalue weighted by Gasteiger charge is -1.99. The van der Waals surface area contributed by atoms with E-state index in [9.17, 15) is 28.8 Å². The highest BCUT2D eigenvalue weighted by Crippen LogP contribution is 1.86. The van der Waals surface area contributed by atoms with E-state index >= 15 is 0 Å². The molecule has 0 aliphatic heterocycles. The van der Waals surface area contributed by atoms with Crippen LogP contribution in [0.15, 0.2) is 0 Å². The average Bonchev–Trinajstić information content (AvgIpc) is 2.54. The highest BCUT2D eigenvalue weighted by molar-refractivity contribution is 6.35. The van der Waals surface area contributed by atoms with Crippen molar-refractivity contribution in [1.82, 2.24) is 0 Å². The predicted octanol–water partition coefficient (Wildman–Crippen LogP) is -3.83. The molecule has 11 N–H and O–H groups in total. The van der Waals surface area contributed by atoms with Gasteiger partial charge in [0.15, 0.2) is 0 Å². The van der Waals surface area contributed by atoms with Crippen LogP contribution in [0.2, 0.25) is 0 Å². The smallest absolute Gasteiger partial charge is 0.414 e. The maximum Gasteiger partial charge on any atom is 0.414 e. The van der Waals surface area contributed by atoms with E-state index in [0.717, 1.165) is 0 Å². The Morgan fingerprint density at radius 3 is 1.03 bits per heavy atom. The minimum absolute atomic E-state index is 0.278. The summed E-state index contributed by atoms with van der Waals surface area (Å²) in [6, 6.07) is -1.29. The number of carbonyl (C=O) groups excluding carboxylic acids is 1. The highest BCUT2D eigenvalue weighted by atomic mass is 16.4. The molecule has 0 aliphatic carbocycles. The fraction of sp³-hybridized carbons (Fsp3) is 0.333. The predicted molar refractivity (Wildman–Crippen MR) is 84.7 cm³/mol. The van der Waals surface area contributed by atoms with Crippen molar-refractivity contribution >= 4 is 47.6 Å². The van der Waals surface area contributed by atoms with Crippen LogP contribution < -0.4 is 11.5 Å². The van der Waals surface area contributed by atoms with Crippen LogP contribution in [-0.2, 0) is 38.4 Å². The van der Waals surface area contributed by atoms with E-state index < -0.39 is 66.5 Å². The summed E-state index contributed by atoms with van der Waals surface area (Å²) in [7, 11) is 0. The van der Waals surface area contributed by atoms with E-state index in [4.69, 9.17) is 51.1 Å². The Kier molecular flexibility index (Phi) is 20.9. The van der Waals surface area contributed by atoms with Gasteiger partial charge in [0.05, 0.1) is 13.0 Å². The molecule has 0 rings (SSSR count). The van der Waals surface area contributed by atoms with Crippen molar-refractivity contribution in [3.63, 3.8) is 0 Å². The Morgan fingerprint density at radius 2 is 0.966 bits per heavy atom. The molecule has 0 spiro atoms. The molecule has 0 aromatic rings. The van der Waals surface area contributed by atoms with Crippen LogP contribution in [0, 0.1) is 0 Å². The lowest BCUT2D eigenvalue weighted by molar-refractivity contribution is -0.159. The maximum atomic E-state index is 9.97. The molecule has 0 radical (unpaired) electrons. The number of ketones is 1. The summed E-state index contributed by atoms with van der Waals surface area (Å²) >= 11 is 0. The third-order valence-corrected chi connectivity index (χ3v) is 1.62. The molecule has 0 fully saturated rings. The summed E-state index contributed by atoms with van der Waals surface area (Å²) < 4.78 is 0. The molecule has 0 saturated heterocycles. The van der Waals surface area contributed by atoms with Crippen LogP contribution >= 0.6 is 0 Å². The third kappa shape index (κ3) is 35.8. The van der Waals surface area contributed by atoms with Gasteiger partial charge in [-0.05, 0) is 0 Å². The van der Waals surface area contributed by atoms with Crippen LogP contribution in [0.25, 0.3) is 0 Å². The first-order chi connectivity index (χ1) is 13.0. The molecule has 17 nitrogen and oxygen atoms in total. The first-order valence-electron chi connectivity index (χ1n) is 6.55. The zero-order chi connectivity index (χ0) is 24.3. The zero-order valence-electron chi connectivity index (χ0n) is 14.2. The van der Waals surface area contributed by atoms with Gasteiger partial charge in [-0.3, -0.25) is 24.0 Å². The topological polar surface area (TPSA) is 330 Å². The summed E-state index contributed by atoms with van der Waals surface area (Å²) in [6.45, 7) is -0.278. The summed E-state index contributed by atoms with van der Waals surface area (Å²) in [5.41, 5.74) is 9.41. The molecule has 17 heteroatoms. The Bertz CT molecular complexity index is 615. The second-order valence-electron chi connectivity index (χ2n) is 4.05. The van der Waals surface area contributed by atoms with Gasteiger partial charge in [0, 0.05) is 0 Å². The van der Waals surface area contributed by atoms with Gasteiger partial charge in [0.1, 0.15) is 12.5 Å². The number of rotatable bonds is 7. The van der Waals surface area contributed by atoms with E-state index in [2.05, 4.69) is 5.73 Å². The van der Waals surface area contributed by atoms with Gasteiger partial charge in [-0.1, -0.05) is 0 Å². The number of hydrogen-bond donors (Lipinski definition) is 9. The minimum Gasteiger partial charge on any atom is -0.481 e. The van der Waals surface area contributed by atoms with Crippen molar-refractivity contribution in [3.8, 4) is 0 Å². The number of hydrogen-bond acceptors (Lipinski definition) is 10. The molecule has 0 amide bonds. The zero-order valence-corrected chi connectivity index (χ0v) is 14.2. The average molecular weight is 430 g/mol. The molecule has 166 valence electrons. The van der Waals surface area contributed by atoms with Gasteiger partial charge >= 0.3 is 41.8 Å². The molecular formula is C12H18N2O15. The second-order valence-corrected chi connectivity index (χ2v) is 4.05. The monoisotopic (exact) mass is 430 g/mol. The standard InChI is InChI=1S/C4H7NO4.C4H4O5.C2H5NO2.C2H2O4/c2*5-2(4(8)9)1-3(6)7;3-1-2(4)5;3-1(4)2(5)6/h2H,1,5H2,(H,6,7)(H,8,9);1H2,(H,6,7)(H,8,9);1,3H2,(H,4,5);(H,3,4)(H,5,6)/t2-;;;/m0.../s1. The van der Waals surface area contributed by atoms with Gasteiger partial charge < -0.3 is 47.2 Å². The fourth-order valence-electron chi connectivity index (χ4n) is 0.488. The van der Waals surface area contributed by atoms with Gasteiger partial charge in [-0.15, -0.1) is 0 Å². The maximum absolute atomic E-state index is 9.97. The number of carboxylic acids is 7. The van der Waals surface area contributed by atoms with Crippen LogP contribution in [0.3, 0.4) is 0 Å². The van der Waals surface area contributed by atoms with Crippen molar-refractivity contribution in [2.45, 2.75) is 18.9 Å². The first-order valence-corrected chi connectivity index (χ1v) is 6.55. The van der Waals surface area contributed by atoms with Crippen LogP contribution in [-0.4, -0.2) is 95.9 Å². The quantitative estimate of drug-likeness (QED) is 0.138. The number of nitrogens with two attached hydrogens (primary N) is 2. The molecular weight excluding hydrogens is 412 g/mol. The molecule has 1 atom stereocenters. The summed E-state index contributed by atoms with van der Waals surface area (Å²) in [6.07, 6.45) is -1.48. The molecule has 0 aromatic heterocycles.